The highest BCUT2D eigenvalue weighted by molar-refractivity contribution is 6.35. The first-order valence-corrected chi connectivity index (χ1v) is 13.4. The summed E-state index contributed by atoms with van der Waals surface area (Å²) in [6.45, 7) is 9.16. The third kappa shape index (κ3) is 5.37. The number of hydrogen-bond donors (Lipinski definition) is 1. The number of halogens is 2. The van der Waals surface area contributed by atoms with Crippen molar-refractivity contribution in [1.29, 1.82) is 5.26 Å². The van der Waals surface area contributed by atoms with Gasteiger partial charge in [0.15, 0.2) is 11.3 Å². The number of likely N-dealkylation sites (tertiary alicyclic amines) is 1. The quantitative estimate of drug-likeness (QED) is 0.484. The number of amides is 1. The minimum atomic E-state index is -0.256. The van der Waals surface area contributed by atoms with Crippen LogP contribution in [-0.2, 0) is 4.79 Å². The number of hydrogen-bond acceptors (Lipinski definition) is 7. The van der Waals surface area contributed by atoms with Gasteiger partial charge in [-0.05, 0) is 55.8 Å². The molecule has 0 saturated carbocycles. The smallest absolute Gasteiger partial charge is 0.216 e. The van der Waals surface area contributed by atoms with Crippen LogP contribution in [0.25, 0.3) is 11.2 Å². The molecule has 11 heteroatoms. The number of rotatable bonds is 7. The van der Waals surface area contributed by atoms with Crippen molar-refractivity contribution in [2.75, 3.05) is 44.2 Å². The Bertz CT molecular complexity index is 1350. The molecular formula is C26H30Cl2N8O. The van der Waals surface area contributed by atoms with Crippen molar-refractivity contribution in [2.24, 2.45) is 11.8 Å². The van der Waals surface area contributed by atoms with Gasteiger partial charge in [-0.25, -0.2) is 14.6 Å². The molecule has 2 aliphatic heterocycles. The predicted octanol–water partition coefficient (Wildman–Crippen LogP) is 3.90. The number of nitriles is 1. The molecule has 0 aliphatic carbocycles. The van der Waals surface area contributed by atoms with E-state index in [-0.39, 0.29) is 17.6 Å². The molecule has 2 fully saturated rings. The van der Waals surface area contributed by atoms with Gasteiger partial charge in [0.1, 0.15) is 17.4 Å². The Kier molecular flexibility index (Phi) is 7.52. The number of carbonyl (C=O) groups is 1. The van der Waals surface area contributed by atoms with Gasteiger partial charge in [0.05, 0.1) is 12.2 Å². The average Bonchev–Trinajstić information content (AvgIpc) is 3.21. The van der Waals surface area contributed by atoms with Crippen molar-refractivity contribution in [2.45, 2.75) is 32.7 Å². The maximum Gasteiger partial charge on any atom is 0.216 e. The van der Waals surface area contributed by atoms with E-state index in [0.717, 1.165) is 44.1 Å². The Morgan fingerprint density at radius 3 is 2.81 bits per heavy atom. The van der Waals surface area contributed by atoms with E-state index in [0.29, 0.717) is 39.6 Å². The zero-order valence-corrected chi connectivity index (χ0v) is 22.5. The number of carbonyl (C=O) groups excluding carboxylic acids is 1. The lowest BCUT2D eigenvalue weighted by molar-refractivity contribution is -0.119. The summed E-state index contributed by atoms with van der Waals surface area (Å²) in [6.07, 6.45) is 4.16. The third-order valence-electron chi connectivity index (χ3n) is 7.52. The Morgan fingerprint density at radius 2 is 2.08 bits per heavy atom. The van der Waals surface area contributed by atoms with Crippen LogP contribution in [0.3, 0.4) is 0 Å². The second-order valence-electron chi connectivity index (χ2n) is 10.00. The minimum Gasteiger partial charge on any atom is -0.355 e. The second-order valence-corrected chi connectivity index (χ2v) is 10.8. The lowest BCUT2D eigenvalue weighted by atomic mass is 9.80. The lowest BCUT2D eigenvalue weighted by Crippen LogP contribution is -2.54. The van der Waals surface area contributed by atoms with Crippen LogP contribution in [0.5, 0.6) is 0 Å². The zero-order valence-electron chi connectivity index (χ0n) is 21.0. The molecule has 1 aromatic carbocycles. The first-order valence-electron chi connectivity index (χ1n) is 12.7. The van der Waals surface area contributed by atoms with E-state index in [1.807, 2.05) is 13.0 Å². The molecule has 1 amide bonds. The monoisotopic (exact) mass is 540 g/mol. The van der Waals surface area contributed by atoms with Gasteiger partial charge in [0, 0.05) is 49.7 Å². The molecule has 2 aliphatic rings. The standard InChI is InChI=1S/C26H30Cl2N8O/c1-16(21-6-5-20(27)10-22(21)28)36-26-25(23(11-29)33-36)31-12-24(32-26)35-14-19(15-35)18-4-3-8-34(13-18)9-7-30-17(2)37/h5-6,10,12,16,18-19H,3-4,7-9,13-15H2,1-2H3,(H,30,37)/t16?,18-/m1/s1. The topological polar surface area (TPSA) is 103 Å². The van der Waals surface area contributed by atoms with Crippen molar-refractivity contribution in [3.8, 4) is 6.07 Å². The molecule has 4 heterocycles. The van der Waals surface area contributed by atoms with Gasteiger partial charge >= 0.3 is 0 Å². The van der Waals surface area contributed by atoms with Gasteiger partial charge in [0.2, 0.25) is 5.91 Å². The number of benzene rings is 1. The number of anilines is 1. The molecule has 0 radical (unpaired) electrons. The summed E-state index contributed by atoms with van der Waals surface area (Å²) in [5.74, 6) is 2.06. The summed E-state index contributed by atoms with van der Waals surface area (Å²) in [7, 11) is 0. The van der Waals surface area contributed by atoms with Crippen LogP contribution in [0.15, 0.2) is 24.4 Å². The van der Waals surface area contributed by atoms with Crippen molar-refractivity contribution in [3.63, 3.8) is 0 Å². The molecule has 2 saturated heterocycles. The number of aromatic nitrogens is 4. The van der Waals surface area contributed by atoms with Gasteiger partial charge < -0.3 is 15.1 Å². The fraction of sp³-hybridized carbons (Fsp3) is 0.500. The van der Waals surface area contributed by atoms with E-state index in [1.54, 1.807) is 29.9 Å². The van der Waals surface area contributed by atoms with Gasteiger partial charge in [-0.15, -0.1) is 0 Å². The summed E-state index contributed by atoms with van der Waals surface area (Å²) < 4.78 is 1.73. The largest absolute Gasteiger partial charge is 0.355 e. The average molecular weight is 541 g/mol. The fourth-order valence-electron chi connectivity index (χ4n) is 5.44. The van der Waals surface area contributed by atoms with Crippen molar-refractivity contribution in [1.82, 2.24) is 30.0 Å². The molecule has 194 valence electrons. The molecular weight excluding hydrogens is 511 g/mol. The number of nitrogens with one attached hydrogen (secondary N) is 1. The molecule has 1 N–H and O–H groups in total. The van der Waals surface area contributed by atoms with E-state index in [9.17, 15) is 10.1 Å². The summed E-state index contributed by atoms with van der Waals surface area (Å²) in [5, 5.41) is 18.1. The first-order chi connectivity index (χ1) is 17.8. The summed E-state index contributed by atoms with van der Waals surface area (Å²) in [6, 6.07) is 7.25. The minimum absolute atomic E-state index is 0.0233. The highest BCUT2D eigenvalue weighted by Crippen LogP contribution is 2.35. The molecule has 9 nitrogen and oxygen atoms in total. The highest BCUT2D eigenvalue weighted by atomic mass is 35.5. The van der Waals surface area contributed by atoms with E-state index >= 15 is 0 Å². The van der Waals surface area contributed by atoms with E-state index in [1.165, 1.54) is 12.8 Å². The van der Waals surface area contributed by atoms with Crippen LogP contribution in [0, 0.1) is 23.2 Å². The first kappa shape index (κ1) is 25.7. The van der Waals surface area contributed by atoms with E-state index in [2.05, 4.69) is 31.3 Å². The molecule has 5 rings (SSSR count). The van der Waals surface area contributed by atoms with Crippen molar-refractivity contribution >= 4 is 46.1 Å². The second kappa shape index (κ2) is 10.8. The number of fused-ring (bicyclic) bond motifs is 1. The molecule has 1 unspecified atom stereocenters. The summed E-state index contributed by atoms with van der Waals surface area (Å²) in [5.41, 5.74) is 2.14. The normalized spacial score (nSPS) is 19.4. The predicted molar refractivity (Wildman–Crippen MR) is 144 cm³/mol. The third-order valence-corrected chi connectivity index (χ3v) is 8.08. The Balaban J connectivity index is 1.30. The highest BCUT2D eigenvalue weighted by Gasteiger charge is 2.36. The molecule has 2 atom stereocenters. The van der Waals surface area contributed by atoms with Gasteiger partial charge in [-0.3, -0.25) is 4.79 Å². The van der Waals surface area contributed by atoms with Crippen LogP contribution in [-0.4, -0.2) is 69.8 Å². The van der Waals surface area contributed by atoms with Gasteiger partial charge in [-0.1, -0.05) is 29.3 Å². The SMILES string of the molecule is CC(=O)NCCN1CCC[C@@H](C2CN(c3cnc4c(C#N)nn(C(C)c5ccc(Cl)cc5Cl)c4n3)C2)C1. The lowest BCUT2D eigenvalue weighted by Gasteiger charge is -2.47. The van der Waals surface area contributed by atoms with Crippen LogP contribution in [0.1, 0.15) is 44.0 Å². The van der Waals surface area contributed by atoms with Crippen molar-refractivity contribution in [3.05, 3.63) is 45.7 Å². The maximum atomic E-state index is 11.2. The van der Waals surface area contributed by atoms with E-state index < -0.39 is 0 Å². The van der Waals surface area contributed by atoms with Gasteiger partial charge in [-0.2, -0.15) is 10.4 Å². The molecule has 2 aromatic heterocycles. The maximum absolute atomic E-state index is 11.2. The Hall–Kier alpha value is -2.93. The molecule has 37 heavy (non-hydrogen) atoms. The Morgan fingerprint density at radius 1 is 1.27 bits per heavy atom. The Labute approximate surface area is 226 Å². The number of nitrogens with zero attached hydrogens (tertiary/aromatic N) is 7. The van der Waals surface area contributed by atoms with Crippen LogP contribution >= 0.6 is 23.2 Å². The molecule has 0 spiro atoms. The van der Waals surface area contributed by atoms with Crippen LogP contribution < -0.4 is 10.2 Å². The molecule has 3 aromatic rings. The summed E-state index contributed by atoms with van der Waals surface area (Å²) in [4.78, 5) is 25.4. The van der Waals surface area contributed by atoms with Crippen LogP contribution in [0.2, 0.25) is 10.0 Å². The summed E-state index contributed by atoms with van der Waals surface area (Å²) >= 11 is 12.5. The number of piperidine rings is 1. The molecule has 0 bridgehead atoms. The van der Waals surface area contributed by atoms with E-state index in [4.69, 9.17) is 28.2 Å². The van der Waals surface area contributed by atoms with Crippen molar-refractivity contribution < 1.29 is 4.79 Å². The fourth-order valence-corrected chi connectivity index (χ4v) is 6.00. The van der Waals surface area contributed by atoms with Crippen LogP contribution in [0.4, 0.5) is 5.82 Å². The van der Waals surface area contributed by atoms with Gasteiger partial charge in [0.25, 0.3) is 0 Å². The zero-order chi connectivity index (χ0) is 26.1.